The fourth-order valence-corrected chi connectivity index (χ4v) is 4.28. The average molecular weight is 459 g/mol. The first kappa shape index (κ1) is 22.4. The number of carbonyl (C=O) groups excluding carboxylic acids is 1. The van der Waals surface area contributed by atoms with Crippen LogP contribution in [0.5, 0.6) is 0 Å². The summed E-state index contributed by atoms with van der Waals surface area (Å²) in [4.78, 5) is 18.1. The summed E-state index contributed by atoms with van der Waals surface area (Å²) in [5.41, 5.74) is 6.78. The number of oxime groups is 1. The van der Waals surface area contributed by atoms with Crippen LogP contribution < -0.4 is 0 Å². The molecule has 4 nitrogen and oxygen atoms in total. The van der Waals surface area contributed by atoms with E-state index in [9.17, 15) is 4.79 Å². The first-order valence-corrected chi connectivity index (χ1v) is 11.7. The second kappa shape index (κ2) is 10.2. The van der Waals surface area contributed by atoms with Crippen molar-refractivity contribution in [3.05, 3.63) is 143 Å². The lowest BCUT2D eigenvalue weighted by atomic mass is 9.98. The number of hydrogen-bond donors (Lipinski definition) is 0. The number of nitrogens with zero attached hydrogens (tertiary/aromatic N) is 2. The summed E-state index contributed by atoms with van der Waals surface area (Å²) in [5, 5.41) is 5.51. The molecule has 0 N–H and O–H groups in total. The third-order valence-corrected chi connectivity index (χ3v) is 6.16. The Bertz CT molecular complexity index is 1480. The van der Waals surface area contributed by atoms with E-state index < -0.39 is 5.97 Å². The minimum Gasteiger partial charge on any atom is -0.342 e. The Morgan fingerprint density at radius 1 is 0.800 bits per heavy atom. The van der Waals surface area contributed by atoms with Gasteiger partial charge in [-0.05, 0) is 41.8 Å². The zero-order valence-electron chi connectivity index (χ0n) is 19.6. The summed E-state index contributed by atoms with van der Waals surface area (Å²) in [6.07, 6.45) is 2.67. The fraction of sp³-hybridized carbons (Fsp3) is 0.0968. The minimum absolute atomic E-state index is 0.470. The van der Waals surface area contributed by atoms with Crippen LogP contribution in [0.3, 0.4) is 0 Å². The van der Waals surface area contributed by atoms with Crippen LogP contribution in [-0.4, -0.2) is 16.2 Å². The van der Waals surface area contributed by atoms with E-state index in [1.807, 2.05) is 48.5 Å². The number of rotatable bonds is 7. The molecular formula is C31H26N2O2. The van der Waals surface area contributed by atoms with Crippen molar-refractivity contribution in [3.8, 4) is 0 Å². The van der Waals surface area contributed by atoms with Crippen molar-refractivity contribution in [1.82, 2.24) is 4.57 Å². The van der Waals surface area contributed by atoms with Gasteiger partial charge in [-0.15, -0.1) is 0 Å². The van der Waals surface area contributed by atoms with Gasteiger partial charge in [0.1, 0.15) is 0 Å². The van der Waals surface area contributed by atoms with Crippen LogP contribution in [0.1, 0.15) is 32.6 Å². The number of benzene rings is 4. The molecule has 35 heavy (non-hydrogen) atoms. The van der Waals surface area contributed by atoms with Gasteiger partial charge in [-0.1, -0.05) is 96.2 Å². The Labute approximate surface area is 205 Å². The second-order valence-corrected chi connectivity index (χ2v) is 8.56. The average Bonchev–Trinajstić information content (AvgIpc) is 3.26. The lowest BCUT2D eigenvalue weighted by Gasteiger charge is -2.09. The molecule has 1 heterocycles. The fourth-order valence-electron chi connectivity index (χ4n) is 4.28. The molecule has 5 rings (SSSR count). The summed E-state index contributed by atoms with van der Waals surface area (Å²) < 4.78 is 2.23. The Hall–Kier alpha value is -4.44. The van der Waals surface area contributed by atoms with E-state index in [0.717, 1.165) is 28.6 Å². The van der Waals surface area contributed by atoms with E-state index in [0.29, 0.717) is 17.7 Å². The van der Waals surface area contributed by atoms with Crippen molar-refractivity contribution in [2.75, 3.05) is 0 Å². The molecule has 0 spiro atoms. The minimum atomic E-state index is -0.471. The van der Waals surface area contributed by atoms with E-state index in [4.69, 9.17) is 4.84 Å². The molecule has 0 fully saturated rings. The van der Waals surface area contributed by atoms with Crippen LogP contribution >= 0.6 is 0 Å². The molecule has 0 radical (unpaired) electrons. The molecule has 0 amide bonds. The highest BCUT2D eigenvalue weighted by molar-refractivity contribution is 6.12. The lowest BCUT2D eigenvalue weighted by molar-refractivity contribution is 0.0516. The van der Waals surface area contributed by atoms with Gasteiger partial charge in [-0.3, -0.25) is 0 Å². The molecule has 0 saturated heterocycles. The Morgan fingerprint density at radius 2 is 1.46 bits per heavy atom. The zero-order chi connectivity index (χ0) is 24.0. The smallest absolute Gasteiger partial charge is 0.342 e. The first-order valence-electron chi connectivity index (χ1n) is 11.7. The molecular weight excluding hydrogens is 432 g/mol. The third-order valence-electron chi connectivity index (χ3n) is 6.16. The summed E-state index contributed by atoms with van der Waals surface area (Å²) in [7, 11) is 0. The van der Waals surface area contributed by atoms with Gasteiger partial charge in [-0.2, -0.15) is 0 Å². The maximum atomic E-state index is 12.7. The standard InChI is InChI=1S/C31H26N2O2/c1-23-12-8-9-17-26(23)20-29(32-35-31(34)25-15-6-3-7-16-25)28-22-33(21-24-13-4-2-5-14-24)30-19-11-10-18-27(28)30/h2-19,22H,20-21H2,1H3/b32-29+. The van der Waals surface area contributed by atoms with Gasteiger partial charge in [-0.25, -0.2) is 4.79 Å². The Morgan fingerprint density at radius 3 is 2.23 bits per heavy atom. The second-order valence-electron chi connectivity index (χ2n) is 8.56. The molecule has 172 valence electrons. The van der Waals surface area contributed by atoms with Gasteiger partial charge in [0.25, 0.3) is 0 Å². The molecule has 0 aliphatic carbocycles. The Kier molecular flexibility index (Phi) is 6.53. The monoisotopic (exact) mass is 458 g/mol. The van der Waals surface area contributed by atoms with E-state index in [2.05, 4.69) is 71.4 Å². The normalized spacial score (nSPS) is 11.5. The summed E-state index contributed by atoms with van der Waals surface area (Å²) in [5.74, 6) is -0.471. The van der Waals surface area contributed by atoms with Crippen LogP contribution in [0.4, 0.5) is 0 Å². The molecule has 4 aromatic carbocycles. The summed E-state index contributed by atoms with van der Waals surface area (Å²) in [6.45, 7) is 2.82. The van der Waals surface area contributed by atoms with Crippen molar-refractivity contribution in [1.29, 1.82) is 0 Å². The van der Waals surface area contributed by atoms with Crippen molar-refractivity contribution >= 4 is 22.6 Å². The molecule has 0 aliphatic rings. The van der Waals surface area contributed by atoms with E-state index in [-0.39, 0.29) is 0 Å². The predicted octanol–water partition coefficient (Wildman–Crippen LogP) is 6.80. The Balaban J connectivity index is 1.57. The largest absolute Gasteiger partial charge is 0.365 e. The van der Waals surface area contributed by atoms with E-state index in [1.54, 1.807) is 12.1 Å². The van der Waals surface area contributed by atoms with Crippen LogP contribution in [0.2, 0.25) is 0 Å². The van der Waals surface area contributed by atoms with Crippen molar-refractivity contribution in [3.63, 3.8) is 0 Å². The number of aryl methyl sites for hydroxylation is 1. The number of carbonyl (C=O) groups is 1. The van der Waals surface area contributed by atoms with E-state index >= 15 is 0 Å². The van der Waals surface area contributed by atoms with Gasteiger partial charge in [0, 0.05) is 35.6 Å². The number of fused-ring (bicyclic) bond motifs is 1. The topological polar surface area (TPSA) is 43.6 Å². The highest BCUT2D eigenvalue weighted by atomic mass is 16.7. The van der Waals surface area contributed by atoms with E-state index in [1.165, 1.54) is 11.1 Å². The van der Waals surface area contributed by atoms with Gasteiger partial charge in [0.15, 0.2) is 0 Å². The van der Waals surface area contributed by atoms with Crippen LogP contribution in [0.25, 0.3) is 10.9 Å². The lowest BCUT2D eigenvalue weighted by Crippen LogP contribution is -2.10. The number of para-hydroxylation sites is 1. The molecule has 0 bridgehead atoms. The predicted molar refractivity (Wildman–Crippen MR) is 141 cm³/mol. The molecule has 0 atom stereocenters. The van der Waals surface area contributed by atoms with Crippen LogP contribution in [0, 0.1) is 6.92 Å². The van der Waals surface area contributed by atoms with Gasteiger partial charge in [0.2, 0.25) is 0 Å². The van der Waals surface area contributed by atoms with Gasteiger partial charge in [0.05, 0.1) is 11.3 Å². The van der Waals surface area contributed by atoms with Crippen molar-refractivity contribution < 1.29 is 9.63 Å². The molecule has 4 heteroatoms. The zero-order valence-corrected chi connectivity index (χ0v) is 19.6. The summed E-state index contributed by atoms with van der Waals surface area (Å²) in [6, 6.07) is 35.8. The molecule has 5 aromatic rings. The highest BCUT2D eigenvalue weighted by Gasteiger charge is 2.17. The van der Waals surface area contributed by atoms with Crippen LogP contribution in [0.15, 0.2) is 121 Å². The summed E-state index contributed by atoms with van der Waals surface area (Å²) >= 11 is 0. The number of hydrogen-bond acceptors (Lipinski definition) is 3. The van der Waals surface area contributed by atoms with Crippen molar-refractivity contribution in [2.45, 2.75) is 19.9 Å². The highest BCUT2D eigenvalue weighted by Crippen LogP contribution is 2.25. The molecule has 1 aromatic heterocycles. The maximum absolute atomic E-state index is 12.7. The molecule has 0 unspecified atom stereocenters. The van der Waals surface area contributed by atoms with Gasteiger partial charge < -0.3 is 9.40 Å². The molecule has 0 aliphatic heterocycles. The van der Waals surface area contributed by atoms with Gasteiger partial charge >= 0.3 is 5.97 Å². The first-order chi connectivity index (χ1) is 17.2. The molecule has 0 saturated carbocycles. The SMILES string of the molecule is Cc1ccccc1C/C(=N\OC(=O)c1ccccc1)c1cn(Cc2ccccc2)c2ccccc12. The quantitative estimate of drug-likeness (QED) is 0.153. The third kappa shape index (κ3) is 5.07. The van der Waals surface area contributed by atoms with Crippen molar-refractivity contribution in [2.24, 2.45) is 5.16 Å². The maximum Gasteiger partial charge on any atom is 0.365 e. The van der Waals surface area contributed by atoms with Crippen LogP contribution in [-0.2, 0) is 17.8 Å². The number of aromatic nitrogens is 1.